The van der Waals surface area contributed by atoms with Crippen LogP contribution in [0.4, 0.5) is 27.8 Å². The molecule has 0 amide bonds. The van der Waals surface area contributed by atoms with Crippen molar-refractivity contribution in [2.45, 2.75) is 6.18 Å². The molecule has 0 heterocycles. The van der Waals surface area contributed by atoms with Crippen molar-refractivity contribution in [2.24, 2.45) is 0 Å². The summed E-state index contributed by atoms with van der Waals surface area (Å²) in [6.45, 7) is 0. The van der Waals surface area contributed by atoms with E-state index >= 15 is 0 Å². The van der Waals surface area contributed by atoms with Crippen molar-refractivity contribution in [3.63, 3.8) is 0 Å². The summed E-state index contributed by atoms with van der Waals surface area (Å²) >= 11 is 0. The summed E-state index contributed by atoms with van der Waals surface area (Å²) in [5, 5.41) is -1.53. The number of rotatable bonds is 2. The lowest BCUT2D eigenvalue weighted by atomic mass is 10.1. The van der Waals surface area contributed by atoms with Crippen molar-refractivity contribution < 1.29 is 26.9 Å². The van der Waals surface area contributed by atoms with Crippen LogP contribution in [0.5, 0.6) is 0 Å². The standard InChI is InChI=1S/C8H4F5NO/c9-8(10,11)7(15)5-3-1-2-4-6(5)14(12)13/h1-4H. The molecule has 0 N–H and O–H groups in total. The third-order valence-corrected chi connectivity index (χ3v) is 1.59. The molecule has 82 valence electrons. The lowest BCUT2D eigenvalue weighted by molar-refractivity contribution is -0.0885. The van der Waals surface area contributed by atoms with Crippen LogP contribution in [0.2, 0.25) is 0 Å². The number of anilines is 1. The van der Waals surface area contributed by atoms with E-state index in [1.54, 1.807) is 0 Å². The molecule has 0 saturated carbocycles. The molecule has 1 aromatic carbocycles. The Morgan fingerprint density at radius 3 is 2.13 bits per heavy atom. The first kappa shape index (κ1) is 11.4. The van der Waals surface area contributed by atoms with Gasteiger partial charge in [-0.05, 0) is 17.5 Å². The summed E-state index contributed by atoms with van der Waals surface area (Å²) in [6, 6.07) is 3.59. The highest BCUT2D eigenvalue weighted by Crippen LogP contribution is 2.28. The van der Waals surface area contributed by atoms with Crippen LogP contribution in [-0.4, -0.2) is 12.0 Å². The van der Waals surface area contributed by atoms with E-state index < -0.39 is 28.6 Å². The van der Waals surface area contributed by atoms with Gasteiger partial charge in [-0.15, -0.1) is 0 Å². The van der Waals surface area contributed by atoms with Crippen molar-refractivity contribution in [1.82, 2.24) is 0 Å². The highest BCUT2D eigenvalue weighted by atomic mass is 19.4. The number of ketones is 1. The van der Waals surface area contributed by atoms with Gasteiger partial charge in [-0.2, -0.15) is 13.2 Å². The molecular weight excluding hydrogens is 221 g/mol. The van der Waals surface area contributed by atoms with Gasteiger partial charge in [0.1, 0.15) is 5.69 Å². The predicted octanol–water partition coefficient (Wildman–Crippen LogP) is 3.01. The number of carbonyl (C=O) groups is 1. The molecule has 0 unspecified atom stereocenters. The second kappa shape index (κ2) is 3.84. The van der Waals surface area contributed by atoms with Crippen molar-refractivity contribution >= 4 is 11.5 Å². The summed E-state index contributed by atoms with van der Waals surface area (Å²) in [6.07, 6.45) is -5.16. The molecule has 0 saturated heterocycles. The highest BCUT2D eigenvalue weighted by molar-refractivity contribution is 6.04. The van der Waals surface area contributed by atoms with Crippen LogP contribution in [0, 0.1) is 0 Å². The first-order valence-electron chi connectivity index (χ1n) is 3.66. The molecule has 1 rings (SSSR count). The monoisotopic (exact) mass is 225 g/mol. The van der Waals surface area contributed by atoms with Crippen LogP contribution < -0.4 is 5.34 Å². The van der Waals surface area contributed by atoms with Crippen LogP contribution in [0.3, 0.4) is 0 Å². The van der Waals surface area contributed by atoms with Gasteiger partial charge in [-0.1, -0.05) is 21.1 Å². The van der Waals surface area contributed by atoms with Gasteiger partial charge in [0.15, 0.2) is 0 Å². The second-order valence-electron chi connectivity index (χ2n) is 2.58. The molecule has 0 aliphatic rings. The fraction of sp³-hybridized carbons (Fsp3) is 0.125. The summed E-state index contributed by atoms with van der Waals surface area (Å²) in [5.74, 6) is -2.29. The Morgan fingerprint density at radius 1 is 1.13 bits per heavy atom. The smallest absolute Gasteiger partial charge is 0.284 e. The van der Waals surface area contributed by atoms with E-state index in [1.165, 1.54) is 0 Å². The van der Waals surface area contributed by atoms with E-state index in [2.05, 4.69) is 0 Å². The maximum absolute atomic E-state index is 12.1. The molecule has 0 fully saturated rings. The lowest BCUT2D eigenvalue weighted by Crippen LogP contribution is -2.24. The largest absolute Gasteiger partial charge is 0.454 e. The van der Waals surface area contributed by atoms with E-state index in [-0.39, 0.29) is 0 Å². The van der Waals surface area contributed by atoms with Crippen LogP contribution in [0.1, 0.15) is 10.4 Å². The van der Waals surface area contributed by atoms with Gasteiger partial charge in [0.25, 0.3) is 5.78 Å². The predicted molar refractivity (Wildman–Crippen MR) is 41.5 cm³/mol. The SMILES string of the molecule is O=C(c1ccccc1N(F)F)C(F)(F)F. The molecular formula is C8H4F5NO. The van der Waals surface area contributed by atoms with Crippen molar-refractivity contribution in [3.8, 4) is 0 Å². The number of alkyl halides is 3. The Balaban J connectivity index is 3.20. The third kappa shape index (κ3) is 2.42. The van der Waals surface area contributed by atoms with Crippen LogP contribution in [0.15, 0.2) is 24.3 Å². The fourth-order valence-corrected chi connectivity index (χ4v) is 0.966. The Hall–Kier alpha value is -1.66. The molecule has 2 nitrogen and oxygen atoms in total. The van der Waals surface area contributed by atoms with E-state index in [9.17, 15) is 26.9 Å². The minimum Gasteiger partial charge on any atom is -0.284 e. The van der Waals surface area contributed by atoms with Crippen molar-refractivity contribution in [3.05, 3.63) is 29.8 Å². The van der Waals surface area contributed by atoms with Gasteiger partial charge in [0.05, 0.1) is 5.56 Å². The topological polar surface area (TPSA) is 20.3 Å². The quantitative estimate of drug-likeness (QED) is 0.438. The minimum atomic E-state index is -5.16. The maximum Gasteiger partial charge on any atom is 0.454 e. The zero-order valence-electron chi connectivity index (χ0n) is 7.05. The Labute approximate surface area is 80.8 Å². The summed E-state index contributed by atoms with van der Waals surface area (Å²) in [4.78, 5) is 10.7. The first-order valence-corrected chi connectivity index (χ1v) is 3.66. The molecule has 0 atom stereocenters. The van der Waals surface area contributed by atoms with Crippen LogP contribution >= 0.6 is 0 Å². The average Bonchev–Trinajstić information content (AvgIpc) is 2.15. The van der Waals surface area contributed by atoms with Crippen molar-refractivity contribution in [1.29, 1.82) is 0 Å². The maximum atomic E-state index is 12.1. The molecule has 0 aliphatic carbocycles. The second-order valence-corrected chi connectivity index (χ2v) is 2.58. The van der Waals surface area contributed by atoms with Gasteiger partial charge < -0.3 is 0 Å². The average molecular weight is 225 g/mol. The number of Topliss-reactive ketones (excluding diaryl/α,β-unsaturated/α-hetero) is 1. The molecule has 15 heavy (non-hydrogen) atoms. The molecule has 0 spiro atoms. The van der Waals surface area contributed by atoms with Gasteiger partial charge in [-0.3, -0.25) is 4.79 Å². The van der Waals surface area contributed by atoms with E-state index in [4.69, 9.17) is 0 Å². The van der Waals surface area contributed by atoms with Crippen LogP contribution in [-0.2, 0) is 0 Å². The van der Waals surface area contributed by atoms with Crippen LogP contribution in [0.25, 0.3) is 0 Å². The first-order chi connectivity index (χ1) is 6.84. The molecule has 0 radical (unpaired) electrons. The normalized spacial score (nSPS) is 11.3. The fourth-order valence-electron chi connectivity index (χ4n) is 0.966. The van der Waals surface area contributed by atoms with Gasteiger partial charge in [0.2, 0.25) is 0 Å². The van der Waals surface area contributed by atoms with E-state index in [0.717, 1.165) is 18.2 Å². The minimum absolute atomic E-state index is 0.692. The van der Waals surface area contributed by atoms with E-state index in [0.29, 0.717) is 6.07 Å². The van der Waals surface area contributed by atoms with Gasteiger partial charge in [0, 0.05) is 0 Å². The number of carbonyl (C=O) groups excluding carboxylic acids is 1. The van der Waals surface area contributed by atoms with E-state index in [1.807, 2.05) is 0 Å². The number of hydrogen-bond donors (Lipinski definition) is 0. The number of benzene rings is 1. The molecule has 7 heteroatoms. The third-order valence-electron chi connectivity index (χ3n) is 1.59. The van der Waals surface area contributed by atoms with Crippen molar-refractivity contribution in [2.75, 3.05) is 5.34 Å². The lowest BCUT2D eigenvalue weighted by Gasteiger charge is -2.10. The Bertz CT molecular complexity index is 374. The molecule has 0 aromatic heterocycles. The summed E-state index contributed by atoms with van der Waals surface area (Å²) < 4.78 is 60.1. The summed E-state index contributed by atoms with van der Waals surface area (Å²) in [5.41, 5.74) is -2.14. The zero-order chi connectivity index (χ0) is 11.6. The zero-order valence-corrected chi connectivity index (χ0v) is 7.05. The molecule has 1 aromatic rings. The summed E-state index contributed by atoms with van der Waals surface area (Å²) in [7, 11) is 0. The molecule has 0 aliphatic heterocycles. The van der Waals surface area contributed by atoms with Gasteiger partial charge >= 0.3 is 6.18 Å². The van der Waals surface area contributed by atoms with Gasteiger partial charge in [-0.25, -0.2) is 0 Å². The Morgan fingerprint density at radius 2 is 1.67 bits per heavy atom. The number of halogens is 5. The Kier molecular flexibility index (Phi) is 2.92. The number of nitrogens with zero attached hydrogens (tertiary/aromatic N) is 1. The molecule has 0 bridgehead atoms. The number of para-hydroxylation sites is 1. The number of hydrogen-bond acceptors (Lipinski definition) is 2. The highest BCUT2D eigenvalue weighted by Gasteiger charge is 2.41.